The molecule has 0 aliphatic heterocycles. The van der Waals surface area contributed by atoms with Gasteiger partial charge in [-0.15, -0.1) is 0 Å². The van der Waals surface area contributed by atoms with Gasteiger partial charge >= 0.3 is 5.97 Å². The lowest BCUT2D eigenvalue weighted by atomic mass is 9.83. The molecule has 0 bridgehead atoms. The molecule has 2 rings (SSSR count). The highest BCUT2D eigenvalue weighted by molar-refractivity contribution is 7.85. The maximum atomic E-state index is 10.6. The van der Waals surface area contributed by atoms with Crippen LogP contribution in [0, 0.1) is 6.92 Å². The Morgan fingerprint density at radius 2 is 1.67 bits per heavy atom. The van der Waals surface area contributed by atoms with Crippen LogP contribution in [0.3, 0.4) is 0 Å². The van der Waals surface area contributed by atoms with Crippen LogP contribution in [0.25, 0.3) is 0 Å². The van der Waals surface area contributed by atoms with Crippen molar-refractivity contribution >= 4 is 16.1 Å². The Morgan fingerprint density at radius 3 is 2.00 bits per heavy atom. The molecule has 1 aromatic carbocycles. The number of rotatable bonds is 2. The molecule has 118 valence electrons. The molecule has 0 saturated heterocycles. The second kappa shape index (κ2) is 7.02. The van der Waals surface area contributed by atoms with Gasteiger partial charge in [0.05, 0.1) is 4.90 Å². The number of carboxylic acids is 1. The summed E-state index contributed by atoms with van der Waals surface area (Å²) in [7, 11) is -4.27. The number of benzene rings is 1. The molecule has 7 heteroatoms. The second-order valence-electron chi connectivity index (χ2n) is 5.41. The van der Waals surface area contributed by atoms with Crippen molar-refractivity contribution in [2.45, 2.75) is 49.5 Å². The first-order valence-corrected chi connectivity index (χ1v) is 8.17. The minimum atomic E-state index is -4.27. The highest BCUT2D eigenvalue weighted by atomic mass is 32.2. The van der Waals surface area contributed by atoms with Crippen molar-refractivity contribution in [1.29, 1.82) is 0 Å². The Bertz CT molecular complexity index is 574. The largest absolute Gasteiger partial charge is 0.744 e. The summed E-state index contributed by atoms with van der Waals surface area (Å²) < 4.78 is 31.2. The molecule has 1 aliphatic rings. The summed E-state index contributed by atoms with van der Waals surface area (Å²) in [5.74, 6) is -0.729. The van der Waals surface area contributed by atoms with Gasteiger partial charge in [-0.3, -0.25) is 0 Å². The summed E-state index contributed by atoms with van der Waals surface area (Å²) in [4.78, 5) is 10.4. The van der Waals surface area contributed by atoms with E-state index >= 15 is 0 Å². The average Bonchev–Trinajstić information content (AvgIpc) is 2.39. The fraction of sp³-hybridized carbons (Fsp3) is 0.500. The number of aliphatic carboxylic acids is 1. The molecule has 21 heavy (non-hydrogen) atoms. The van der Waals surface area contributed by atoms with E-state index in [1.165, 1.54) is 18.6 Å². The van der Waals surface area contributed by atoms with Crippen LogP contribution >= 0.6 is 0 Å². The van der Waals surface area contributed by atoms with Crippen LogP contribution in [0.4, 0.5) is 0 Å². The van der Waals surface area contributed by atoms with Gasteiger partial charge in [0, 0.05) is 12.8 Å². The van der Waals surface area contributed by atoms with Gasteiger partial charge < -0.3 is 15.4 Å². The topological polar surface area (TPSA) is 122 Å². The molecule has 1 aromatic rings. The third kappa shape index (κ3) is 5.45. The first kappa shape index (κ1) is 17.6. The van der Waals surface area contributed by atoms with Crippen LogP contribution in [-0.4, -0.2) is 29.6 Å². The van der Waals surface area contributed by atoms with Gasteiger partial charge in [0.1, 0.15) is 10.1 Å². The van der Waals surface area contributed by atoms with Gasteiger partial charge in [-0.2, -0.15) is 0 Å². The molecular weight excluding hydrogens is 294 g/mol. The van der Waals surface area contributed by atoms with Crippen molar-refractivity contribution in [2.24, 2.45) is 0 Å². The lowest BCUT2D eigenvalue weighted by Gasteiger charge is -2.24. The van der Waals surface area contributed by atoms with Crippen molar-refractivity contribution in [3.8, 4) is 0 Å². The SMILES string of the molecule is Cc1ccc(S(=O)(=O)[O-])cc1.[NH3+]C1(C(=O)O)CCCCC1. The zero-order valence-corrected chi connectivity index (χ0v) is 12.9. The van der Waals surface area contributed by atoms with Crippen molar-refractivity contribution < 1.29 is 28.6 Å². The zero-order valence-electron chi connectivity index (χ0n) is 12.0. The molecule has 0 amide bonds. The molecule has 1 saturated carbocycles. The van der Waals surface area contributed by atoms with Crippen molar-refractivity contribution in [2.75, 3.05) is 0 Å². The first-order valence-electron chi connectivity index (χ1n) is 6.76. The fourth-order valence-corrected chi connectivity index (χ4v) is 2.62. The quantitative estimate of drug-likeness (QED) is 0.786. The predicted molar refractivity (Wildman–Crippen MR) is 75.5 cm³/mol. The summed E-state index contributed by atoms with van der Waals surface area (Å²) in [6, 6.07) is 5.78. The van der Waals surface area contributed by atoms with E-state index in [0.717, 1.165) is 31.2 Å². The number of aryl methyl sites for hydroxylation is 1. The molecule has 0 heterocycles. The molecule has 0 radical (unpaired) electrons. The lowest BCUT2D eigenvalue weighted by molar-refractivity contribution is -0.468. The van der Waals surface area contributed by atoms with Gasteiger partial charge in [0.15, 0.2) is 5.54 Å². The number of carbonyl (C=O) groups is 1. The van der Waals surface area contributed by atoms with E-state index in [2.05, 4.69) is 5.73 Å². The van der Waals surface area contributed by atoms with Crippen LogP contribution in [0.2, 0.25) is 0 Å². The molecule has 0 aromatic heterocycles. The van der Waals surface area contributed by atoms with Gasteiger partial charge in [0.2, 0.25) is 0 Å². The van der Waals surface area contributed by atoms with E-state index in [4.69, 9.17) is 5.11 Å². The van der Waals surface area contributed by atoms with E-state index in [-0.39, 0.29) is 4.90 Å². The number of quaternary nitrogens is 1. The Morgan fingerprint density at radius 1 is 1.19 bits per heavy atom. The van der Waals surface area contributed by atoms with Crippen molar-refractivity contribution in [3.05, 3.63) is 29.8 Å². The van der Waals surface area contributed by atoms with Crippen LogP contribution < -0.4 is 5.73 Å². The van der Waals surface area contributed by atoms with Crippen molar-refractivity contribution in [1.82, 2.24) is 0 Å². The van der Waals surface area contributed by atoms with E-state index in [9.17, 15) is 17.8 Å². The summed E-state index contributed by atoms with van der Waals surface area (Å²) in [6.07, 6.45) is 4.72. The average molecular weight is 315 g/mol. The third-order valence-electron chi connectivity index (χ3n) is 3.57. The summed E-state index contributed by atoms with van der Waals surface area (Å²) in [5.41, 5.74) is 4.00. The zero-order chi connectivity index (χ0) is 16.1. The Balaban J connectivity index is 0.000000211. The standard InChI is InChI=1S/C7H13NO2.C7H8O3S/c8-7(6(9)10)4-2-1-3-5-7;1-6-2-4-7(5-3-6)11(8,9)10/h1-5,8H2,(H,9,10);2-5H,1H3,(H,8,9,10). The first-order chi connectivity index (χ1) is 9.65. The maximum Gasteiger partial charge on any atom is 0.365 e. The molecule has 0 unspecified atom stereocenters. The summed E-state index contributed by atoms with van der Waals surface area (Å²) >= 11 is 0. The Hall–Kier alpha value is -1.44. The molecule has 1 aliphatic carbocycles. The molecule has 1 fully saturated rings. The third-order valence-corrected chi connectivity index (χ3v) is 4.42. The summed E-state index contributed by atoms with van der Waals surface area (Å²) in [5, 5.41) is 8.74. The number of hydrogen-bond acceptors (Lipinski definition) is 4. The van der Waals surface area contributed by atoms with Crippen LogP contribution in [0.15, 0.2) is 29.2 Å². The van der Waals surface area contributed by atoms with Gasteiger partial charge in [0.25, 0.3) is 0 Å². The second-order valence-corrected chi connectivity index (χ2v) is 6.79. The molecule has 0 spiro atoms. The van der Waals surface area contributed by atoms with Crippen LogP contribution in [0.1, 0.15) is 37.7 Å². The van der Waals surface area contributed by atoms with E-state index in [1.54, 1.807) is 12.1 Å². The van der Waals surface area contributed by atoms with Crippen molar-refractivity contribution in [3.63, 3.8) is 0 Å². The maximum absolute atomic E-state index is 10.6. The number of carboxylic acid groups (broad SMARTS) is 1. The van der Waals surface area contributed by atoms with E-state index in [0.29, 0.717) is 0 Å². The highest BCUT2D eigenvalue weighted by Crippen LogP contribution is 2.24. The molecular formula is C14H21NO5S. The van der Waals surface area contributed by atoms with Gasteiger partial charge in [-0.05, 0) is 31.9 Å². The molecule has 0 atom stereocenters. The van der Waals surface area contributed by atoms with Gasteiger partial charge in [-0.25, -0.2) is 13.2 Å². The van der Waals surface area contributed by atoms with E-state index < -0.39 is 21.6 Å². The monoisotopic (exact) mass is 315 g/mol. The number of hydrogen-bond donors (Lipinski definition) is 2. The normalized spacial score (nSPS) is 17.5. The lowest BCUT2D eigenvalue weighted by Crippen LogP contribution is -2.77. The molecule has 4 N–H and O–H groups in total. The van der Waals surface area contributed by atoms with Gasteiger partial charge in [-0.1, -0.05) is 24.1 Å². The smallest absolute Gasteiger partial charge is 0.365 e. The molecule has 6 nitrogen and oxygen atoms in total. The summed E-state index contributed by atoms with van der Waals surface area (Å²) in [6.45, 7) is 1.82. The minimum Gasteiger partial charge on any atom is -0.744 e. The van der Waals surface area contributed by atoms with E-state index in [1.807, 2.05) is 6.92 Å². The highest BCUT2D eigenvalue weighted by Gasteiger charge is 2.39. The van der Waals surface area contributed by atoms with Crippen LogP contribution in [0.5, 0.6) is 0 Å². The Kier molecular flexibility index (Phi) is 5.88. The van der Waals surface area contributed by atoms with Crippen LogP contribution in [-0.2, 0) is 14.9 Å². The predicted octanol–water partition coefficient (Wildman–Crippen LogP) is 0.915. The fourth-order valence-electron chi connectivity index (χ4n) is 2.15. The minimum absolute atomic E-state index is 0.178. The Labute approximate surface area is 124 Å².